The van der Waals surface area contributed by atoms with Gasteiger partial charge in [-0.1, -0.05) is 38.3 Å². The topological polar surface area (TPSA) is 0 Å². The predicted molar refractivity (Wildman–Crippen MR) is 41.6 cm³/mol. The average molecular weight is 127 g/mol. The van der Waals surface area contributed by atoms with Crippen LogP contribution in [0, 0.1) is 6.08 Å². The molecule has 0 bridgehead atoms. The molecule has 0 spiro atoms. The zero-order valence-corrected chi connectivity index (χ0v) is 7.12. The minimum absolute atomic E-state index is 0.781. The highest BCUT2D eigenvalue weighted by atomic mass is 28.3. The largest absolute Gasteiger partial charge is 0.0956 e. The Morgan fingerprint density at radius 3 is 2.00 bits per heavy atom. The molecule has 0 aromatic heterocycles. The van der Waals surface area contributed by atoms with Gasteiger partial charge in [-0.25, -0.2) is 0 Å². The summed E-state index contributed by atoms with van der Waals surface area (Å²) in [5.41, 5.74) is 0. The van der Waals surface area contributed by atoms with Crippen molar-refractivity contribution in [2.75, 3.05) is 0 Å². The molecule has 1 heteroatoms. The fourth-order valence-electron chi connectivity index (χ4n) is 0.463. The molecular weight excluding hydrogens is 112 g/mol. The highest BCUT2D eigenvalue weighted by molar-refractivity contribution is 6.76. The van der Waals surface area contributed by atoms with Gasteiger partial charge in [0.2, 0.25) is 0 Å². The van der Waals surface area contributed by atoms with Crippen molar-refractivity contribution in [3.05, 3.63) is 12.7 Å². The third-order valence-corrected chi connectivity index (χ3v) is 2.80. The predicted octanol–water partition coefficient (Wildman–Crippen LogP) is 2.70. The second kappa shape index (κ2) is 3.08. The molecule has 0 aromatic carbocycles. The summed E-state index contributed by atoms with van der Waals surface area (Å²) in [6.45, 7) is 10.7. The second-order valence-corrected chi connectivity index (χ2v) is 8.93. The molecule has 8 heavy (non-hydrogen) atoms. The summed E-state index contributed by atoms with van der Waals surface area (Å²) in [7, 11) is -0.781. The van der Waals surface area contributed by atoms with Crippen LogP contribution in [-0.2, 0) is 0 Å². The first kappa shape index (κ1) is 7.96. The maximum Gasteiger partial charge on any atom is 0.0445 e. The quantitative estimate of drug-likeness (QED) is 0.511. The van der Waals surface area contributed by atoms with E-state index in [2.05, 4.69) is 32.3 Å². The van der Waals surface area contributed by atoms with E-state index in [1.807, 2.05) is 0 Å². The minimum atomic E-state index is -0.781. The van der Waals surface area contributed by atoms with Crippen LogP contribution in [0.15, 0.2) is 6.58 Å². The molecule has 0 saturated heterocycles. The summed E-state index contributed by atoms with van der Waals surface area (Å²) < 4.78 is 0. The van der Waals surface area contributed by atoms with Crippen LogP contribution < -0.4 is 0 Å². The van der Waals surface area contributed by atoms with Crippen LogP contribution in [0.2, 0.25) is 25.7 Å². The molecule has 0 atom stereocenters. The van der Waals surface area contributed by atoms with Crippen molar-refractivity contribution in [1.29, 1.82) is 0 Å². The van der Waals surface area contributed by atoms with Crippen molar-refractivity contribution in [3.63, 3.8) is 0 Å². The van der Waals surface area contributed by atoms with Gasteiger partial charge in [-0.05, 0) is 6.42 Å². The van der Waals surface area contributed by atoms with Gasteiger partial charge in [0.1, 0.15) is 0 Å². The first-order valence-corrected chi connectivity index (χ1v) is 6.77. The van der Waals surface area contributed by atoms with Crippen LogP contribution in [0.1, 0.15) is 6.42 Å². The Morgan fingerprint density at radius 1 is 1.38 bits per heavy atom. The van der Waals surface area contributed by atoms with E-state index >= 15 is 0 Å². The Labute approximate surface area is 53.6 Å². The van der Waals surface area contributed by atoms with E-state index in [9.17, 15) is 0 Å². The first-order chi connectivity index (χ1) is 3.56. The van der Waals surface area contributed by atoms with Crippen LogP contribution in [0.4, 0.5) is 0 Å². The maximum atomic E-state index is 3.56. The third kappa shape index (κ3) is 5.96. The van der Waals surface area contributed by atoms with E-state index in [0.29, 0.717) is 0 Å². The van der Waals surface area contributed by atoms with Gasteiger partial charge in [0.05, 0.1) is 0 Å². The molecule has 0 unspecified atom stereocenters. The van der Waals surface area contributed by atoms with Crippen molar-refractivity contribution in [3.8, 4) is 0 Å². The van der Waals surface area contributed by atoms with E-state index in [-0.39, 0.29) is 0 Å². The molecule has 1 radical (unpaired) electrons. The van der Waals surface area contributed by atoms with Crippen LogP contribution in [0.5, 0.6) is 0 Å². The fraction of sp³-hybridized carbons (Fsp3) is 0.714. The Bertz CT molecular complexity index is 68.9. The fourth-order valence-corrected chi connectivity index (χ4v) is 1.39. The molecule has 47 valence electrons. The summed E-state index contributed by atoms with van der Waals surface area (Å²) in [5, 5.41) is 0. The molecule has 0 heterocycles. The molecule has 0 aliphatic heterocycles. The molecule has 0 saturated carbocycles. The molecule has 0 amide bonds. The SMILES string of the molecule is C=[C]CC[Si](C)(C)C. The van der Waals surface area contributed by atoms with E-state index in [1.165, 1.54) is 6.04 Å². The lowest BCUT2D eigenvalue weighted by Crippen LogP contribution is -2.18. The van der Waals surface area contributed by atoms with Gasteiger partial charge >= 0.3 is 0 Å². The van der Waals surface area contributed by atoms with Gasteiger partial charge in [-0.2, -0.15) is 0 Å². The van der Waals surface area contributed by atoms with Crippen LogP contribution in [0.25, 0.3) is 0 Å². The minimum Gasteiger partial charge on any atom is -0.0956 e. The Morgan fingerprint density at radius 2 is 1.88 bits per heavy atom. The molecular formula is C7H15Si. The molecule has 0 rings (SSSR count). The summed E-state index contributed by atoms with van der Waals surface area (Å²) in [6, 6.07) is 1.33. The highest BCUT2D eigenvalue weighted by Crippen LogP contribution is 2.09. The van der Waals surface area contributed by atoms with Gasteiger partial charge in [0, 0.05) is 8.07 Å². The zero-order valence-electron chi connectivity index (χ0n) is 6.12. The summed E-state index contributed by atoms with van der Waals surface area (Å²) in [6.07, 6.45) is 3.99. The normalized spacial score (nSPS) is 11.4. The lowest BCUT2D eigenvalue weighted by molar-refractivity contribution is 1.14. The zero-order chi connectivity index (χ0) is 6.62. The van der Waals surface area contributed by atoms with Crippen LogP contribution >= 0.6 is 0 Å². The lowest BCUT2D eigenvalue weighted by atomic mass is 10.5. The summed E-state index contributed by atoms with van der Waals surface area (Å²) in [4.78, 5) is 0. The molecule has 0 aliphatic rings. The molecule has 0 aliphatic carbocycles. The van der Waals surface area contributed by atoms with Gasteiger partial charge < -0.3 is 0 Å². The second-order valence-electron chi connectivity index (χ2n) is 3.31. The van der Waals surface area contributed by atoms with Gasteiger partial charge in [0.15, 0.2) is 0 Å². The Kier molecular flexibility index (Phi) is 3.06. The van der Waals surface area contributed by atoms with Gasteiger partial charge in [-0.3, -0.25) is 0 Å². The average Bonchev–Trinajstić information content (AvgIpc) is 1.59. The van der Waals surface area contributed by atoms with Crippen LogP contribution in [-0.4, -0.2) is 8.07 Å². The van der Waals surface area contributed by atoms with Crippen molar-refractivity contribution >= 4 is 8.07 Å². The number of allylic oxidation sites excluding steroid dienone is 1. The Hall–Kier alpha value is -0.0431. The van der Waals surface area contributed by atoms with Crippen molar-refractivity contribution < 1.29 is 0 Å². The third-order valence-electron chi connectivity index (χ3n) is 1.05. The molecule has 0 N–H and O–H groups in total. The highest BCUT2D eigenvalue weighted by Gasteiger charge is 2.09. The van der Waals surface area contributed by atoms with E-state index in [1.54, 1.807) is 0 Å². The van der Waals surface area contributed by atoms with E-state index in [4.69, 9.17) is 0 Å². The molecule has 0 fully saturated rings. The number of hydrogen-bond donors (Lipinski definition) is 0. The molecule has 0 nitrogen and oxygen atoms in total. The standard InChI is InChI=1S/C7H15Si/c1-5-6-7-8(2,3)4/h1,6-7H2,2-4H3. The van der Waals surface area contributed by atoms with Gasteiger partial charge in [0.25, 0.3) is 0 Å². The first-order valence-electron chi connectivity index (χ1n) is 3.06. The Balaban J connectivity index is 3.24. The van der Waals surface area contributed by atoms with Crippen molar-refractivity contribution in [2.24, 2.45) is 0 Å². The van der Waals surface area contributed by atoms with Gasteiger partial charge in [-0.15, -0.1) is 0 Å². The summed E-state index contributed by atoms with van der Waals surface area (Å²) in [5.74, 6) is 0. The smallest absolute Gasteiger partial charge is 0.0445 e. The monoisotopic (exact) mass is 127 g/mol. The van der Waals surface area contributed by atoms with E-state index < -0.39 is 8.07 Å². The van der Waals surface area contributed by atoms with E-state index in [0.717, 1.165) is 6.42 Å². The van der Waals surface area contributed by atoms with Crippen molar-refractivity contribution in [2.45, 2.75) is 32.1 Å². The summed E-state index contributed by atoms with van der Waals surface area (Å²) >= 11 is 0. The molecule has 0 aromatic rings. The van der Waals surface area contributed by atoms with Crippen LogP contribution in [0.3, 0.4) is 0 Å². The lowest BCUT2D eigenvalue weighted by Gasteiger charge is -2.12. The number of hydrogen-bond acceptors (Lipinski definition) is 0. The van der Waals surface area contributed by atoms with Crippen molar-refractivity contribution in [1.82, 2.24) is 0 Å². The maximum absolute atomic E-state index is 3.56. The number of rotatable bonds is 3.